The number of ether oxygens (including phenoxy) is 2. The van der Waals surface area contributed by atoms with Crippen LogP contribution < -0.4 is 9.47 Å². The second kappa shape index (κ2) is 13.3. The van der Waals surface area contributed by atoms with Crippen molar-refractivity contribution in [1.29, 1.82) is 0 Å². The van der Waals surface area contributed by atoms with Gasteiger partial charge in [-0.05, 0) is 58.5 Å². The quantitative estimate of drug-likeness (QED) is 0.223. The van der Waals surface area contributed by atoms with Gasteiger partial charge in [0.1, 0.15) is 23.7 Å². The highest BCUT2D eigenvalue weighted by molar-refractivity contribution is 7.86. The number of hydrogen-bond acceptors (Lipinski definition) is 7. The molecule has 0 spiro atoms. The zero-order valence-electron chi connectivity index (χ0n) is 23.7. The van der Waals surface area contributed by atoms with Gasteiger partial charge in [-0.25, -0.2) is 0 Å². The lowest BCUT2D eigenvalue weighted by Crippen LogP contribution is -2.52. The molecule has 1 aliphatic rings. The van der Waals surface area contributed by atoms with E-state index in [1.54, 1.807) is 84.1 Å². The summed E-state index contributed by atoms with van der Waals surface area (Å²) in [4.78, 5) is 1.04. The number of rotatable bonds is 9. The topological polar surface area (TPSA) is 99.5 Å². The molecule has 6 rings (SSSR count). The van der Waals surface area contributed by atoms with E-state index in [1.807, 2.05) is 60.0 Å². The second-order valence-electron chi connectivity index (χ2n) is 10.4. The number of para-hydroxylation sites is 2. The van der Waals surface area contributed by atoms with E-state index in [4.69, 9.17) is 9.47 Å². The van der Waals surface area contributed by atoms with Crippen molar-refractivity contribution in [1.82, 2.24) is 8.61 Å². The third-order valence-electron chi connectivity index (χ3n) is 7.35. The van der Waals surface area contributed by atoms with Crippen LogP contribution in [0.15, 0.2) is 133 Å². The molecule has 1 aliphatic heterocycles. The smallest absolute Gasteiger partial charge is 0.288 e. The maximum atomic E-state index is 14.8. The molecule has 0 saturated carbocycles. The van der Waals surface area contributed by atoms with E-state index in [9.17, 15) is 18.6 Å². The molecule has 2 heterocycles. The van der Waals surface area contributed by atoms with Crippen molar-refractivity contribution in [2.75, 3.05) is 0 Å². The zero-order valence-corrected chi connectivity index (χ0v) is 25.3. The molecule has 44 heavy (non-hydrogen) atoms. The van der Waals surface area contributed by atoms with Gasteiger partial charge in [0.15, 0.2) is 12.5 Å². The highest BCUT2D eigenvalue weighted by Gasteiger charge is 2.53. The Morgan fingerprint density at radius 3 is 1.64 bits per heavy atom. The molecule has 1 saturated heterocycles. The lowest BCUT2D eigenvalue weighted by atomic mass is 10.1. The zero-order chi connectivity index (χ0) is 30.5. The molecule has 4 atom stereocenters. The average molecular weight is 629 g/mol. The fraction of sp³-hybridized carbons (Fsp3) is 0.176. The monoisotopic (exact) mass is 628 g/mol. The van der Waals surface area contributed by atoms with Crippen LogP contribution in [-0.4, -0.2) is 51.9 Å². The summed E-state index contributed by atoms with van der Waals surface area (Å²) in [5.41, 5.74) is 2.31. The molecule has 10 heteroatoms. The highest BCUT2D eigenvalue weighted by atomic mass is 32.2. The fourth-order valence-corrected chi connectivity index (χ4v) is 7.64. The number of benzene rings is 4. The van der Waals surface area contributed by atoms with Gasteiger partial charge in [-0.3, -0.25) is 0 Å². The first kappa shape index (κ1) is 30.0. The summed E-state index contributed by atoms with van der Waals surface area (Å²) < 4.78 is 44.2. The Hall–Kier alpha value is -4.03. The van der Waals surface area contributed by atoms with Gasteiger partial charge >= 0.3 is 0 Å². The van der Waals surface area contributed by atoms with E-state index in [2.05, 4.69) is 0 Å². The summed E-state index contributed by atoms with van der Waals surface area (Å²) in [5.74, 6) is 0.683. The molecular weight excluding hydrogens is 597 g/mol. The second-order valence-corrected chi connectivity index (χ2v) is 13.2. The van der Waals surface area contributed by atoms with Gasteiger partial charge in [0.25, 0.3) is 10.2 Å². The molecule has 0 amide bonds. The Labute approximate surface area is 261 Å². The first-order valence-corrected chi connectivity index (χ1v) is 16.4. The standard InChI is InChI=1S/C34H32N2O6S2/c37-31-32(38)34(42-29-18-8-3-9-19-29)36(24-26-14-10-15-27(22-26)30-20-11-21-43-30)44(39,40)35(23-25-12-4-1-5-13-25)33(31)41-28-16-6-2-7-17-28/h1-22,31-34,37-38H,23-24H2/t31-,32-,33-,34-/m1/s1. The molecule has 4 aromatic carbocycles. The average Bonchev–Trinajstić information content (AvgIpc) is 3.59. The number of aliphatic hydroxyl groups excluding tert-OH is 2. The molecule has 1 fully saturated rings. The van der Waals surface area contributed by atoms with Gasteiger partial charge in [-0.1, -0.05) is 91.0 Å². The minimum absolute atomic E-state index is 0.117. The van der Waals surface area contributed by atoms with Crippen LogP contribution in [0.25, 0.3) is 10.4 Å². The van der Waals surface area contributed by atoms with Crippen molar-refractivity contribution >= 4 is 21.5 Å². The van der Waals surface area contributed by atoms with Crippen LogP contribution in [0, 0.1) is 0 Å². The maximum absolute atomic E-state index is 14.8. The van der Waals surface area contributed by atoms with Crippen LogP contribution in [0.5, 0.6) is 11.5 Å². The van der Waals surface area contributed by atoms with Crippen LogP contribution in [0.2, 0.25) is 0 Å². The van der Waals surface area contributed by atoms with Crippen molar-refractivity contribution in [3.63, 3.8) is 0 Å². The van der Waals surface area contributed by atoms with Crippen LogP contribution in [0.4, 0.5) is 0 Å². The van der Waals surface area contributed by atoms with E-state index in [-0.39, 0.29) is 13.1 Å². The molecular formula is C34H32N2O6S2. The van der Waals surface area contributed by atoms with Gasteiger partial charge in [0.05, 0.1) is 0 Å². The molecule has 0 unspecified atom stereocenters. The van der Waals surface area contributed by atoms with Crippen LogP contribution in [-0.2, 0) is 23.3 Å². The number of aliphatic hydroxyl groups is 2. The lowest BCUT2D eigenvalue weighted by molar-refractivity contribution is -0.127. The summed E-state index contributed by atoms with van der Waals surface area (Å²) in [5, 5.41) is 25.4. The van der Waals surface area contributed by atoms with Crippen LogP contribution >= 0.6 is 11.3 Å². The maximum Gasteiger partial charge on any atom is 0.288 e. The van der Waals surface area contributed by atoms with Gasteiger partial charge in [0, 0.05) is 18.0 Å². The third kappa shape index (κ3) is 6.56. The summed E-state index contributed by atoms with van der Waals surface area (Å²) in [6.07, 6.45) is -6.31. The molecule has 5 aromatic rings. The number of hydrogen-bond donors (Lipinski definition) is 2. The van der Waals surface area contributed by atoms with Crippen molar-refractivity contribution in [3.8, 4) is 21.9 Å². The van der Waals surface area contributed by atoms with E-state index >= 15 is 0 Å². The molecule has 0 bridgehead atoms. The predicted octanol–water partition coefficient (Wildman–Crippen LogP) is 5.51. The number of nitrogens with zero attached hydrogens (tertiary/aromatic N) is 2. The summed E-state index contributed by atoms with van der Waals surface area (Å²) >= 11 is 1.59. The third-order valence-corrected chi connectivity index (χ3v) is 10.1. The fourth-order valence-electron chi connectivity index (χ4n) is 5.16. The summed E-state index contributed by atoms with van der Waals surface area (Å²) in [6.45, 7) is -0.250. The predicted molar refractivity (Wildman–Crippen MR) is 170 cm³/mol. The van der Waals surface area contributed by atoms with E-state index in [0.29, 0.717) is 22.6 Å². The first-order chi connectivity index (χ1) is 21.4. The minimum Gasteiger partial charge on any atom is -0.471 e. The SMILES string of the molecule is O=S1(=O)N(Cc2ccccc2)[C@H](Oc2ccccc2)[C@H](O)[C@@H](O)[C@@H](Oc2ccccc2)N1Cc1cccc(-c2cccs2)c1. The Kier molecular flexibility index (Phi) is 9.08. The molecule has 8 nitrogen and oxygen atoms in total. The Balaban J connectivity index is 1.46. The van der Waals surface area contributed by atoms with E-state index in [0.717, 1.165) is 19.1 Å². The van der Waals surface area contributed by atoms with Gasteiger partial charge in [-0.15, -0.1) is 19.9 Å². The normalized spacial score (nSPS) is 22.2. The van der Waals surface area contributed by atoms with Crippen molar-refractivity contribution in [2.24, 2.45) is 0 Å². The van der Waals surface area contributed by atoms with Crippen LogP contribution in [0.1, 0.15) is 11.1 Å². The Morgan fingerprint density at radius 2 is 1.11 bits per heavy atom. The van der Waals surface area contributed by atoms with Gasteiger partial charge in [-0.2, -0.15) is 8.42 Å². The highest BCUT2D eigenvalue weighted by Crippen LogP contribution is 2.34. The van der Waals surface area contributed by atoms with Gasteiger partial charge < -0.3 is 19.7 Å². The largest absolute Gasteiger partial charge is 0.471 e. The van der Waals surface area contributed by atoms with Gasteiger partial charge in [0.2, 0.25) is 0 Å². The van der Waals surface area contributed by atoms with E-state index in [1.165, 1.54) is 0 Å². The van der Waals surface area contributed by atoms with Crippen molar-refractivity contribution in [3.05, 3.63) is 144 Å². The number of thiophene rings is 1. The first-order valence-electron chi connectivity index (χ1n) is 14.1. The Morgan fingerprint density at radius 1 is 0.614 bits per heavy atom. The summed E-state index contributed by atoms with van der Waals surface area (Å²) in [6, 6.07) is 37.9. The molecule has 1 aromatic heterocycles. The molecule has 0 radical (unpaired) electrons. The summed E-state index contributed by atoms with van der Waals surface area (Å²) in [7, 11) is -4.47. The van der Waals surface area contributed by atoms with Crippen molar-refractivity contribution in [2.45, 2.75) is 37.8 Å². The molecule has 0 aliphatic carbocycles. The van der Waals surface area contributed by atoms with Crippen molar-refractivity contribution < 1.29 is 28.1 Å². The molecule has 2 N–H and O–H groups in total. The Bertz CT molecular complexity index is 1740. The molecule has 226 valence electrons. The van der Waals surface area contributed by atoms with E-state index < -0.39 is 34.9 Å². The minimum atomic E-state index is -4.47. The lowest BCUT2D eigenvalue weighted by Gasteiger charge is -2.34. The van der Waals surface area contributed by atoms with Crippen LogP contribution in [0.3, 0.4) is 0 Å².